The highest BCUT2D eigenvalue weighted by Gasteiger charge is 2.15. The van der Waals surface area contributed by atoms with Crippen molar-refractivity contribution in [1.29, 1.82) is 0 Å². The van der Waals surface area contributed by atoms with E-state index in [0.29, 0.717) is 17.2 Å². The van der Waals surface area contributed by atoms with Crippen LogP contribution in [0.5, 0.6) is 0 Å². The number of esters is 1. The molecule has 0 fully saturated rings. The first-order valence-electron chi connectivity index (χ1n) is 8.52. The average Bonchev–Trinajstić information content (AvgIpc) is 3.11. The second kappa shape index (κ2) is 8.94. The van der Waals surface area contributed by atoms with Crippen molar-refractivity contribution in [2.75, 3.05) is 11.9 Å². The van der Waals surface area contributed by atoms with E-state index in [2.05, 4.69) is 20.4 Å². The molecule has 0 aliphatic rings. The number of hydrogen-bond acceptors (Lipinski definition) is 6. The minimum absolute atomic E-state index is 0.0826. The van der Waals surface area contributed by atoms with Gasteiger partial charge in [0.1, 0.15) is 6.33 Å². The lowest BCUT2D eigenvalue weighted by Crippen LogP contribution is -2.21. The minimum Gasteiger partial charge on any atom is -0.456 e. The van der Waals surface area contributed by atoms with Gasteiger partial charge in [-0.1, -0.05) is 34.8 Å². The van der Waals surface area contributed by atoms with E-state index in [-0.39, 0.29) is 22.2 Å². The molecule has 0 aliphatic carbocycles. The normalized spacial score (nSPS) is 10.9. The first-order valence-corrected chi connectivity index (χ1v) is 9.65. The van der Waals surface area contributed by atoms with Crippen LogP contribution >= 0.6 is 34.8 Å². The van der Waals surface area contributed by atoms with Gasteiger partial charge in [-0.3, -0.25) is 9.59 Å². The number of fused-ring (bicyclic) bond motifs is 1. The number of aromatic nitrogens is 4. The molecule has 29 heavy (non-hydrogen) atoms. The topological polar surface area (TPSA) is 98.5 Å². The third-order valence-electron chi connectivity index (χ3n) is 4.20. The summed E-state index contributed by atoms with van der Waals surface area (Å²) in [4.78, 5) is 32.5. The third-order valence-corrected chi connectivity index (χ3v) is 5.02. The summed E-state index contributed by atoms with van der Waals surface area (Å²) < 4.78 is 6.65. The second-order valence-corrected chi connectivity index (χ2v) is 7.44. The molecule has 8 nitrogen and oxygen atoms in total. The largest absolute Gasteiger partial charge is 0.456 e. The molecule has 0 aliphatic heterocycles. The second-order valence-electron chi connectivity index (χ2n) is 6.19. The van der Waals surface area contributed by atoms with Gasteiger partial charge in [0.15, 0.2) is 6.61 Å². The summed E-state index contributed by atoms with van der Waals surface area (Å²) in [6.07, 6.45) is 1.90. The van der Waals surface area contributed by atoms with Gasteiger partial charge in [-0.25, -0.2) is 9.50 Å². The summed E-state index contributed by atoms with van der Waals surface area (Å²) in [5.41, 5.74) is 2.70. The molecule has 2 aromatic heterocycles. The molecule has 2 heterocycles. The van der Waals surface area contributed by atoms with E-state index in [1.807, 2.05) is 13.8 Å². The Labute approximate surface area is 181 Å². The molecule has 1 N–H and O–H groups in total. The molecule has 0 radical (unpaired) electrons. The van der Waals surface area contributed by atoms with Crippen molar-refractivity contribution in [3.63, 3.8) is 0 Å². The third kappa shape index (κ3) is 4.95. The predicted molar refractivity (Wildman–Crippen MR) is 110 cm³/mol. The summed E-state index contributed by atoms with van der Waals surface area (Å²) >= 11 is 17.9. The number of amides is 1. The van der Waals surface area contributed by atoms with Crippen molar-refractivity contribution >= 4 is 58.1 Å². The summed E-state index contributed by atoms with van der Waals surface area (Å²) in [5, 5.41) is 7.32. The van der Waals surface area contributed by atoms with E-state index < -0.39 is 18.5 Å². The van der Waals surface area contributed by atoms with Gasteiger partial charge < -0.3 is 10.1 Å². The fourth-order valence-electron chi connectivity index (χ4n) is 2.80. The Kier molecular flexibility index (Phi) is 6.56. The summed E-state index contributed by atoms with van der Waals surface area (Å²) in [6.45, 7) is 3.26. The number of carbonyl (C=O) groups excluding carboxylic acids is 2. The SMILES string of the molecule is Cc1nc2ncnn2c(C)c1CCC(=O)OCC(=O)Nc1c(Cl)cc(Cl)cc1Cl. The van der Waals surface area contributed by atoms with Crippen LogP contribution in [0.25, 0.3) is 5.78 Å². The van der Waals surface area contributed by atoms with Crippen LogP contribution in [0, 0.1) is 13.8 Å². The molecule has 0 spiro atoms. The van der Waals surface area contributed by atoms with Gasteiger partial charge in [-0.15, -0.1) is 0 Å². The lowest BCUT2D eigenvalue weighted by molar-refractivity contribution is -0.147. The van der Waals surface area contributed by atoms with Crippen LogP contribution in [0.1, 0.15) is 23.4 Å². The molecule has 3 aromatic rings. The van der Waals surface area contributed by atoms with Crippen LogP contribution in [0.15, 0.2) is 18.5 Å². The van der Waals surface area contributed by atoms with Crippen LogP contribution in [-0.2, 0) is 20.7 Å². The predicted octanol–water partition coefficient (Wildman–Crippen LogP) is 3.82. The number of benzene rings is 1. The Balaban J connectivity index is 1.55. The number of nitrogens with zero attached hydrogens (tertiary/aromatic N) is 4. The Morgan fingerprint density at radius 3 is 2.55 bits per heavy atom. The number of ether oxygens (including phenoxy) is 1. The fourth-order valence-corrected chi connectivity index (χ4v) is 3.71. The molecule has 0 atom stereocenters. The number of anilines is 1. The molecule has 152 valence electrons. The van der Waals surface area contributed by atoms with Crippen LogP contribution in [0.2, 0.25) is 15.1 Å². The molecule has 0 bridgehead atoms. The van der Waals surface area contributed by atoms with Gasteiger partial charge in [0.05, 0.1) is 15.7 Å². The maximum absolute atomic E-state index is 12.1. The van der Waals surface area contributed by atoms with Gasteiger partial charge in [0.2, 0.25) is 0 Å². The highest BCUT2D eigenvalue weighted by molar-refractivity contribution is 6.42. The molecule has 11 heteroatoms. The number of carbonyl (C=O) groups is 2. The van der Waals surface area contributed by atoms with E-state index in [1.165, 1.54) is 18.5 Å². The van der Waals surface area contributed by atoms with Crippen LogP contribution in [0.3, 0.4) is 0 Å². The first-order chi connectivity index (χ1) is 13.8. The van der Waals surface area contributed by atoms with Crippen molar-refractivity contribution in [1.82, 2.24) is 19.6 Å². The lowest BCUT2D eigenvalue weighted by Gasteiger charge is -2.11. The maximum Gasteiger partial charge on any atom is 0.306 e. The Morgan fingerprint density at radius 1 is 1.17 bits per heavy atom. The molecule has 1 aromatic carbocycles. The van der Waals surface area contributed by atoms with Crippen molar-refractivity contribution in [3.05, 3.63) is 50.5 Å². The zero-order valence-corrected chi connectivity index (χ0v) is 17.8. The van der Waals surface area contributed by atoms with E-state index in [0.717, 1.165) is 17.0 Å². The Bertz CT molecular complexity index is 1080. The van der Waals surface area contributed by atoms with Crippen molar-refractivity contribution in [3.8, 4) is 0 Å². The highest BCUT2D eigenvalue weighted by Crippen LogP contribution is 2.33. The first kappa shape index (κ1) is 21.3. The molecular formula is C18H16Cl3N5O3. The zero-order valence-electron chi connectivity index (χ0n) is 15.5. The van der Waals surface area contributed by atoms with Crippen molar-refractivity contribution in [2.45, 2.75) is 26.7 Å². The molecular weight excluding hydrogens is 441 g/mol. The van der Waals surface area contributed by atoms with E-state index >= 15 is 0 Å². The number of hydrogen-bond donors (Lipinski definition) is 1. The maximum atomic E-state index is 12.1. The molecule has 3 rings (SSSR count). The van der Waals surface area contributed by atoms with Crippen LogP contribution < -0.4 is 5.32 Å². The quantitative estimate of drug-likeness (QED) is 0.566. The molecule has 0 unspecified atom stereocenters. The van der Waals surface area contributed by atoms with Crippen LogP contribution in [0.4, 0.5) is 5.69 Å². The molecule has 0 saturated carbocycles. The van der Waals surface area contributed by atoms with E-state index in [4.69, 9.17) is 39.5 Å². The Morgan fingerprint density at radius 2 is 1.86 bits per heavy atom. The monoisotopic (exact) mass is 455 g/mol. The van der Waals surface area contributed by atoms with Gasteiger partial charge in [0.25, 0.3) is 11.7 Å². The molecule has 1 amide bonds. The van der Waals surface area contributed by atoms with Gasteiger partial charge in [-0.05, 0) is 38.0 Å². The summed E-state index contributed by atoms with van der Waals surface area (Å²) in [6, 6.07) is 2.89. The highest BCUT2D eigenvalue weighted by atomic mass is 35.5. The number of nitrogens with one attached hydrogen (secondary N) is 1. The van der Waals surface area contributed by atoms with Crippen molar-refractivity contribution < 1.29 is 14.3 Å². The van der Waals surface area contributed by atoms with Crippen LogP contribution in [-0.4, -0.2) is 38.1 Å². The smallest absolute Gasteiger partial charge is 0.306 e. The van der Waals surface area contributed by atoms with Gasteiger partial charge >= 0.3 is 5.97 Å². The fraction of sp³-hybridized carbons (Fsp3) is 0.278. The van der Waals surface area contributed by atoms with E-state index in [1.54, 1.807) is 4.52 Å². The summed E-state index contributed by atoms with van der Waals surface area (Å²) in [5.74, 6) is -0.587. The van der Waals surface area contributed by atoms with Gasteiger partial charge in [0, 0.05) is 22.8 Å². The average molecular weight is 457 g/mol. The Hall–Kier alpha value is -2.42. The summed E-state index contributed by atoms with van der Waals surface area (Å²) in [7, 11) is 0. The standard InChI is InChI=1S/C18H16Cl3N5O3/c1-9-12(10(2)26-18(24-9)22-8-23-26)3-4-16(28)29-7-15(27)25-17-13(20)5-11(19)6-14(17)21/h5-6,8H,3-4,7H2,1-2H3,(H,25,27). The van der Waals surface area contributed by atoms with Crippen molar-refractivity contribution in [2.24, 2.45) is 0 Å². The molecule has 0 saturated heterocycles. The number of aryl methyl sites for hydroxylation is 2. The number of rotatable bonds is 6. The zero-order chi connectivity index (χ0) is 21.1. The minimum atomic E-state index is -0.567. The number of halogens is 3. The van der Waals surface area contributed by atoms with E-state index in [9.17, 15) is 9.59 Å². The van der Waals surface area contributed by atoms with Gasteiger partial charge in [-0.2, -0.15) is 10.1 Å². The lowest BCUT2D eigenvalue weighted by atomic mass is 10.1.